The summed E-state index contributed by atoms with van der Waals surface area (Å²) in [7, 11) is 1.57. The van der Waals surface area contributed by atoms with Gasteiger partial charge in [0, 0.05) is 25.4 Å². The third-order valence-corrected chi connectivity index (χ3v) is 3.45. The SMILES string of the molecule is CCCCOC(=O)N1CC(N)(c2ccc(OC)nc2)C1. The van der Waals surface area contributed by atoms with Crippen molar-refractivity contribution in [3.05, 3.63) is 23.9 Å². The highest BCUT2D eigenvalue weighted by atomic mass is 16.6. The van der Waals surface area contributed by atoms with Gasteiger partial charge in [-0.05, 0) is 12.0 Å². The van der Waals surface area contributed by atoms with Gasteiger partial charge in [-0.25, -0.2) is 9.78 Å². The first-order chi connectivity index (χ1) is 9.59. The Balaban J connectivity index is 1.87. The van der Waals surface area contributed by atoms with Crippen LogP contribution in [0.15, 0.2) is 18.3 Å². The summed E-state index contributed by atoms with van der Waals surface area (Å²) < 4.78 is 10.2. The van der Waals surface area contributed by atoms with Crippen molar-refractivity contribution in [1.82, 2.24) is 9.88 Å². The van der Waals surface area contributed by atoms with Crippen molar-refractivity contribution >= 4 is 6.09 Å². The normalized spacial score (nSPS) is 16.4. The number of nitrogens with zero attached hydrogens (tertiary/aromatic N) is 2. The third-order valence-electron chi connectivity index (χ3n) is 3.45. The van der Waals surface area contributed by atoms with Gasteiger partial charge in [-0.3, -0.25) is 0 Å². The van der Waals surface area contributed by atoms with Gasteiger partial charge in [0.05, 0.1) is 19.3 Å². The second-order valence-corrected chi connectivity index (χ2v) is 5.07. The number of amides is 1. The molecule has 1 aromatic heterocycles. The van der Waals surface area contributed by atoms with Crippen LogP contribution in [0.25, 0.3) is 0 Å². The lowest BCUT2D eigenvalue weighted by molar-refractivity contribution is 0.0383. The summed E-state index contributed by atoms with van der Waals surface area (Å²) in [6, 6.07) is 3.65. The van der Waals surface area contributed by atoms with Gasteiger partial charge >= 0.3 is 6.09 Å². The Morgan fingerprint density at radius 2 is 2.25 bits per heavy atom. The highest BCUT2D eigenvalue weighted by molar-refractivity contribution is 5.69. The molecule has 6 nitrogen and oxygen atoms in total. The summed E-state index contributed by atoms with van der Waals surface area (Å²) in [5, 5.41) is 0. The fraction of sp³-hybridized carbons (Fsp3) is 0.571. The van der Waals surface area contributed by atoms with Crippen LogP contribution in [0.4, 0.5) is 4.79 Å². The summed E-state index contributed by atoms with van der Waals surface area (Å²) in [5.74, 6) is 0.549. The first kappa shape index (κ1) is 14.6. The van der Waals surface area contributed by atoms with Crippen LogP contribution in [-0.4, -0.2) is 42.8 Å². The molecule has 0 aliphatic carbocycles. The number of ether oxygens (including phenoxy) is 2. The Labute approximate surface area is 118 Å². The number of pyridine rings is 1. The maximum absolute atomic E-state index is 11.7. The molecule has 2 N–H and O–H groups in total. The molecule has 2 heterocycles. The number of nitrogens with two attached hydrogens (primary N) is 1. The van der Waals surface area contributed by atoms with Gasteiger partial charge in [0.2, 0.25) is 5.88 Å². The molecule has 0 atom stereocenters. The molecule has 0 radical (unpaired) electrons. The van der Waals surface area contributed by atoms with E-state index in [2.05, 4.69) is 11.9 Å². The summed E-state index contributed by atoms with van der Waals surface area (Å²) in [6.07, 6.45) is 3.29. The van der Waals surface area contributed by atoms with Crippen molar-refractivity contribution in [2.24, 2.45) is 5.73 Å². The molecule has 1 saturated heterocycles. The number of carbonyl (C=O) groups is 1. The van der Waals surface area contributed by atoms with Gasteiger partial charge in [0.25, 0.3) is 0 Å². The smallest absolute Gasteiger partial charge is 0.409 e. The minimum atomic E-state index is -0.539. The molecule has 0 aromatic carbocycles. The molecular formula is C14H21N3O3. The highest BCUT2D eigenvalue weighted by Crippen LogP contribution is 2.30. The van der Waals surface area contributed by atoms with Crippen molar-refractivity contribution in [3.63, 3.8) is 0 Å². The summed E-state index contributed by atoms with van der Waals surface area (Å²) in [4.78, 5) is 17.5. The quantitative estimate of drug-likeness (QED) is 0.826. The predicted octanol–water partition coefficient (Wildman–Crippen LogP) is 1.50. The number of carbonyl (C=O) groups excluding carboxylic acids is 1. The zero-order chi connectivity index (χ0) is 14.6. The minimum Gasteiger partial charge on any atom is -0.481 e. The molecule has 2 rings (SSSR count). The van der Waals surface area contributed by atoms with Crippen molar-refractivity contribution < 1.29 is 14.3 Å². The number of hydrogen-bond donors (Lipinski definition) is 1. The van der Waals surface area contributed by atoms with E-state index in [1.165, 1.54) is 0 Å². The number of unbranched alkanes of at least 4 members (excludes halogenated alkanes) is 1. The Morgan fingerprint density at radius 1 is 1.50 bits per heavy atom. The lowest BCUT2D eigenvalue weighted by atomic mass is 9.85. The second-order valence-electron chi connectivity index (χ2n) is 5.07. The van der Waals surface area contributed by atoms with E-state index in [0.717, 1.165) is 18.4 Å². The summed E-state index contributed by atoms with van der Waals surface area (Å²) >= 11 is 0. The predicted molar refractivity (Wildman–Crippen MR) is 74.5 cm³/mol. The van der Waals surface area contributed by atoms with Crippen LogP contribution in [0.3, 0.4) is 0 Å². The number of likely N-dealkylation sites (tertiary alicyclic amines) is 1. The molecule has 6 heteroatoms. The van der Waals surface area contributed by atoms with Gasteiger partial charge in [-0.15, -0.1) is 0 Å². The molecule has 0 unspecified atom stereocenters. The monoisotopic (exact) mass is 279 g/mol. The zero-order valence-electron chi connectivity index (χ0n) is 12.0. The molecule has 1 fully saturated rings. The number of aromatic nitrogens is 1. The topological polar surface area (TPSA) is 77.7 Å². The van der Waals surface area contributed by atoms with Gasteiger partial charge in [-0.2, -0.15) is 0 Å². The molecule has 0 spiro atoms. The number of rotatable bonds is 5. The Kier molecular flexibility index (Phi) is 4.44. The number of hydrogen-bond acceptors (Lipinski definition) is 5. The Bertz CT molecular complexity index is 455. The molecule has 1 amide bonds. The van der Waals surface area contributed by atoms with E-state index < -0.39 is 5.54 Å². The van der Waals surface area contributed by atoms with E-state index in [4.69, 9.17) is 15.2 Å². The van der Waals surface area contributed by atoms with E-state index >= 15 is 0 Å². The second kappa shape index (κ2) is 6.09. The minimum absolute atomic E-state index is 0.291. The third kappa shape index (κ3) is 3.01. The largest absolute Gasteiger partial charge is 0.481 e. The van der Waals surface area contributed by atoms with Gasteiger partial charge in [0.1, 0.15) is 0 Å². The van der Waals surface area contributed by atoms with E-state index in [0.29, 0.717) is 25.6 Å². The Morgan fingerprint density at radius 3 is 2.80 bits per heavy atom. The maximum atomic E-state index is 11.7. The first-order valence-electron chi connectivity index (χ1n) is 6.80. The molecule has 1 aliphatic rings. The molecule has 0 bridgehead atoms. The maximum Gasteiger partial charge on any atom is 0.409 e. The van der Waals surface area contributed by atoms with E-state index in [9.17, 15) is 4.79 Å². The van der Waals surface area contributed by atoms with Crippen molar-refractivity contribution in [2.45, 2.75) is 25.3 Å². The average Bonchev–Trinajstić information content (AvgIpc) is 2.44. The molecule has 20 heavy (non-hydrogen) atoms. The summed E-state index contributed by atoms with van der Waals surface area (Å²) in [5.41, 5.74) is 6.63. The number of methoxy groups -OCH3 is 1. The lowest BCUT2D eigenvalue weighted by Crippen LogP contribution is -2.66. The van der Waals surface area contributed by atoms with Gasteiger partial charge in [0.15, 0.2) is 0 Å². The molecular weight excluding hydrogens is 258 g/mol. The van der Waals surface area contributed by atoms with Crippen LogP contribution in [0.2, 0.25) is 0 Å². The fourth-order valence-electron chi connectivity index (χ4n) is 2.14. The van der Waals surface area contributed by atoms with Gasteiger partial charge < -0.3 is 20.1 Å². The van der Waals surface area contributed by atoms with Crippen molar-refractivity contribution in [3.8, 4) is 5.88 Å². The molecule has 0 saturated carbocycles. The van der Waals surface area contributed by atoms with Crippen LogP contribution in [0.1, 0.15) is 25.3 Å². The molecule has 1 aromatic rings. The van der Waals surface area contributed by atoms with Crippen LogP contribution < -0.4 is 10.5 Å². The van der Waals surface area contributed by atoms with Crippen LogP contribution in [-0.2, 0) is 10.3 Å². The van der Waals surface area contributed by atoms with Gasteiger partial charge in [-0.1, -0.05) is 19.4 Å². The first-order valence-corrected chi connectivity index (χ1v) is 6.80. The van der Waals surface area contributed by atoms with E-state index in [1.54, 1.807) is 24.3 Å². The summed E-state index contributed by atoms with van der Waals surface area (Å²) in [6.45, 7) is 3.42. The van der Waals surface area contributed by atoms with Crippen LogP contribution in [0.5, 0.6) is 5.88 Å². The molecule has 110 valence electrons. The molecule has 1 aliphatic heterocycles. The zero-order valence-corrected chi connectivity index (χ0v) is 12.0. The highest BCUT2D eigenvalue weighted by Gasteiger charge is 2.44. The van der Waals surface area contributed by atoms with Crippen molar-refractivity contribution in [2.75, 3.05) is 26.8 Å². The van der Waals surface area contributed by atoms with E-state index in [1.807, 2.05) is 6.07 Å². The lowest BCUT2D eigenvalue weighted by Gasteiger charge is -2.46. The van der Waals surface area contributed by atoms with Crippen LogP contribution >= 0.6 is 0 Å². The van der Waals surface area contributed by atoms with E-state index in [-0.39, 0.29) is 6.09 Å². The standard InChI is InChI=1S/C14H21N3O3/c1-3-4-7-20-13(18)17-9-14(15,10-17)11-5-6-12(19-2)16-8-11/h5-6,8H,3-4,7,9-10,15H2,1-2H3. The van der Waals surface area contributed by atoms with Crippen LogP contribution in [0, 0.1) is 0 Å². The average molecular weight is 279 g/mol. The Hall–Kier alpha value is -1.82. The fourth-order valence-corrected chi connectivity index (χ4v) is 2.14. The van der Waals surface area contributed by atoms with Crippen molar-refractivity contribution in [1.29, 1.82) is 0 Å².